The summed E-state index contributed by atoms with van der Waals surface area (Å²) >= 11 is 0. The van der Waals surface area contributed by atoms with Gasteiger partial charge in [-0.1, -0.05) is 0 Å². The number of amides is 1. The Bertz CT molecular complexity index is 676. The van der Waals surface area contributed by atoms with Crippen LogP contribution in [-0.4, -0.2) is 50.4 Å². The Balaban J connectivity index is 2.01. The Morgan fingerprint density at radius 1 is 1.08 bits per heavy atom. The van der Waals surface area contributed by atoms with Crippen LogP contribution in [0.2, 0.25) is 0 Å². The van der Waals surface area contributed by atoms with Crippen molar-refractivity contribution in [1.29, 1.82) is 0 Å². The van der Waals surface area contributed by atoms with Gasteiger partial charge >= 0.3 is 0 Å². The summed E-state index contributed by atoms with van der Waals surface area (Å²) in [6.45, 7) is 1.14. The molecule has 0 saturated carbocycles. The molecule has 8 nitrogen and oxygen atoms in total. The predicted molar refractivity (Wildman–Crippen MR) is 89.9 cm³/mol. The maximum atomic E-state index is 12.2. The van der Waals surface area contributed by atoms with E-state index in [1.54, 1.807) is 32.4 Å². The molecule has 24 heavy (non-hydrogen) atoms. The summed E-state index contributed by atoms with van der Waals surface area (Å²) in [6, 6.07) is 5.12. The summed E-state index contributed by atoms with van der Waals surface area (Å²) in [5.74, 6) is 1.25. The van der Waals surface area contributed by atoms with Gasteiger partial charge in [0.15, 0.2) is 11.5 Å². The molecule has 0 unspecified atom stereocenters. The number of anilines is 2. The molecule has 0 saturated heterocycles. The van der Waals surface area contributed by atoms with Crippen molar-refractivity contribution in [3.8, 4) is 11.5 Å². The van der Waals surface area contributed by atoms with E-state index in [1.165, 1.54) is 19.5 Å². The fraction of sp³-hybridized carbons (Fsp3) is 0.312. The topological polar surface area (TPSA) is 94.6 Å². The first-order valence-corrected chi connectivity index (χ1v) is 7.26. The molecular formula is C16H20N4O4. The summed E-state index contributed by atoms with van der Waals surface area (Å²) in [4.78, 5) is 20.4. The zero-order chi connectivity index (χ0) is 17.4. The lowest BCUT2D eigenvalue weighted by Gasteiger charge is -2.10. The largest absolute Gasteiger partial charge is 0.493 e. The highest BCUT2D eigenvalue weighted by molar-refractivity contribution is 6.04. The summed E-state index contributed by atoms with van der Waals surface area (Å²) in [5, 5.41) is 5.74. The Labute approximate surface area is 140 Å². The van der Waals surface area contributed by atoms with E-state index in [2.05, 4.69) is 20.6 Å². The van der Waals surface area contributed by atoms with E-state index in [0.717, 1.165) is 0 Å². The number of hydrogen-bond acceptors (Lipinski definition) is 7. The number of benzene rings is 1. The van der Waals surface area contributed by atoms with Crippen LogP contribution in [0, 0.1) is 0 Å². The summed E-state index contributed by atoms with van der Waals surface area (Å²) < 4.78 is 15.3. The van der Waals surface area contributed by atoms with Crippen LogP contribution in [0.5, 0.6) is 11.5 Å². The van der Waals surface area contributed by atoms with Crippen LogP contribution in [0.3, 0.4) is 0 Å². The lowest BCUT2D eigenvalue weighted by molar-refractivity contribution is 0.102. The summed E-state index contributed by atoms with van der Waals surface area (Å²) in [7, 11) is 4.70. The molecule has 2 aromatic rings. The molecule has 1 aromatic heterocycles. The highest BCUT2D eigenvalue weighted by Gasteiger charge is 2.10. The SMILES string of the molecule is COCCNc1ncc(C(=O)Nc2ccc(OC)c(OC)c2)cn1. The first kappa shape index (κ1) is 17.5. The third-order valence-electron chi connectivity index (χ3n) is 3.14. The molecule has 8 heteroatoms. The van der Waals surface area contributed by atoms with Crippen LogP contribution >= 0.6 is 0 Å². The molecule has 0 atom stereocenters. The second kappa shape index (κ2) is 8.68. The van der Waals surface area contributed by atoms with Crippen LogP contribution in [0.25, 0.3) is 0 Å². The lowest BCUT2D eigenvalue weighted by Crippen LogP contribution is -2.14. The van der Waals surface area contributed by atoms with Crippen molar-refractivity contribution in [2.24, 2.45) is 0 Å². The second-order valence-electron chi connectivity index (χ2n) is 4.74. The van der Waals surface area contributed by atoms with Crippen LogP contribution < -0.4 is 20.1 Å². The van der Waals surface area contributed by atoms with Crippen molar-refractivity contribution < 1.29 is 19.0 Å². The molecule has 0 aliphatic heterocycles. The van der Waals surface area contributed by atoms with E-state index < -0.39 is 0 Å². The third-order valence-corrected chi connectivity index (χ3v) is 3.14. The molecule has 0 fully saturated rings. The van der Waals surface area contributed by atoms with Crippen LogP contribution in [0.15, 0.2) is 30.6 Å². The number of rotatable bonds is 8. The van der Waals surface area contributed by atoms with Gasteiger partial charge in [-0.25, -0.2) is 9.97 Å². The first-order valence-electron chi connectivity index (χ1n) is 7.26. The normalized spacial score (nSPS) is 10.1. The first-order chi connectivity index (χ1) is 11.7. The molecular weight excluding hydrogens is 312 g/mol. The van der Waals surface area contributed by atoms with Crippen LogP contribution in [0.1, 0.15) is 10.4 Å². The summed E-state index contributed by atoms with van der Waals surface area (Å²) in [6.07, 6.45) is 2.91. The van der Waals surface area contributed by atoms with Crippen molar-refractivity contribution in [1.82, 2.24) is 9.97 Å². The summed E-state index contributed by atoms with van der Waals surface area (Å²) in [5.41, 5.74) is 0.932. The lowest BCUT2D eigenvalue weighted by atomic mass is 10.2. The van der Waals surface area contributed by atoms with E-state index in [1.807, 2.05) is 0 Å². The molecule has 0 spiro atoms. The number of aromatic nitrogens is 2. The number of nitrogens with zero attached hydrogens (tertiary/aromatic N) is 2. The second-order valence-corrected chi connectivity index (χ2v) is 4.74. The molecule has 0 radical (unpaired) electrons. The Hall–Kier alpha value is -2.87. The van der Waals surface area contributed by atoms with Gasteiger partial charge in [-0.3, -0.25) is 4.79 Å². The Morgan fingerprint density at radius 3 is 2.42 bits per heavy atom. The highest BCUT2D eigenvalue weighted by atomic mass is 16.5. The van der Waals surface area contributed by atoms with Gasteiger partial charge < -0.3 is 24.8 Å². The maximum absolute atomic E-state index is 12.2. The predicted octanol–water partition coefficient (Wildman–Crippen LogP) is 1.80. The van der Waals surface area contributed by atoms with E-state index >= 15 is 0 Å². The van der Waals surface area contributed by atoms with Gasteiger partial charge in [0.1, 0.15) is 0 Å². The average molecular weight is 332 g/mol. The number of carbonyl (C=O) groups excluding carboxylic acids is 1. The fourth-order valence-corrected chi connectivity index (χ4v) is 1.92. The highest BCUT2D eigenvalue weighted by Crippen LogP contribution is 2.29. The number of hydrogen-bond donors (Lipinski definition) is 2. The van der Waals surface area contributed by atoms with E-state index in [0.29, 0.717) is 41.8 Å². The quantitative estimate of drug-likeness (QED) is 0.712. The Kier molecular flexibility index (Phi) is 6.32. The minimum Gasteiger partial charge on any atom is -0.493 e. The standard InChI is InChI=1S/C16H20N4O4/c1-22-7-6-17-16-18-9-11(10-19-16)15(21)20-12-4-5-13(23-2)14(8-12)24-3/h4-5,8-10H,6-7H2,1-3H3,(H,20,21)(H,17,18,19). The van der Waals surface area contributed by atoms with Crippen molar-refractivity contribution >= 4 is 17.5 Å². The van der Waals surface area contributed by atoms with Gasteiger partial charge in [-0.15, -0.1) is 0 Å². The molecule has 1 aromatic carbocycles. The zero-order valence-electron chi connectivity index (χ0n) is 13.8. The van der Waals surface area contributed by atoms with Crippen LogP contribution in [0.4, 0.5) is 11.6 Å². The number of methoxy groups -OCH3 is 3. The number of nitrogens with one attached hydrogen (secondary N) is 2. The maximum Gasteiger partial charge on any atom is 0.258 e. The van der Waals surface area contributed by atoms with Gasteiger partial charge in [0.25, 0.3) is 5.91 Å². The minimum absolute atomic E-state index is 0.314. The molecule has 128 valence electrons. The third kappa shape index (κ3) is 4.56. The van der Waals surface area contributed by atoms with Crippen LogP contribution in [-0.2, 0) is 4.74 Å². The number of ether oxygens (including phenoxy) is 3. The monoisotopic (exact) mass is 332 g/mol. The average Bonchev–Trinajstić information content (AvgIpc) is 2.62. The van der Waals surface area contributed by atoms with Crippen molar-refractivity contribution in [2.75, 3.05) is 45.1 Å². The van der Waals surface area contributed by atoms with Gasteiger partial charge in [-0.2, -0.15) is 0 Å². The van der Waals surface area contributed by atoms with Gasteiger partial charge in [0.05, 0.1) is 26.4 Å². The fourth-order valence-electron chi connectivity index (χ4n) is 1.92. The molecule has 1 amide bonds. The van der Waals surface area contributed by atoms with Crippen molar-refractivity contribution in [3.63, 3.8) is 0 Å². The molecule has 2 N–H and O–H groups in total. The van der Waals surface area contributed by atoms with Gasteiger partial charge in [0, 0.05) is 37.8 Å². The van der Waals surface area contributed by atoms with Crippen molar-refractivity contribution in [3.05, 3.63) is 36.2 Å². The number of carbonyl (C=O) groups is 1. The molecule has 1 heterocycles. The Morgan fingerprint density at radius 2 is 1.79 bits per heavy atom. The smallest absolute Gasteiger partial charge is 0.258 e. The van der Waals surface area contributed by atoms with E-state index in [4.69, 9.17) is 14.2 Å². The molecule has 2 rings (SSSR count). The zero-order valence-corrected chi connectivity index (χ0v) is 13.8. The van der Waals surface area contributed by atoms with Gasteiger partial charge in [0.2, 0.25) is 5.95 Å². The van der Waals surface area contributed by atoms with E-state index in [-0.39, 0.29) is 5.91 Å². The van der Waals surface area contributed by atoms with Crippen molar-refractivity contribution in [2.45, 2.75) is 0 Å². The van der Waals surface area contributed by atoms with Gasteiger partial charge in [-0.05, 0) is 12.1 Å². The molecule has 0 bridgehead atoms. The molecule has 0 aliphatic carbocycles. The minimum atomic E-state index is -0.314. The van der Waals surface area contributed by atoms with E-state index in [9.17, 15) is 4.79 Å². The molecule has 0 aliphatic rings.